The molecule has 1 fully saturated rings. The summed E-state index contributed by atoms with van der Waals surface area (Å²) in [6, 6.07) is 0. The lowest BCUT2D eigenvalue weighted by atomic mass is 10.1. The standard InChI is InChI=1S/C15H27NO2S/c1-3-4-5-6-7-8-10-13(17)15(18)16-12-9-11-14(16)19-2/h14H,3-12H2,1-2H3. The molecule has 0 N–H and O–H groups in total. The normalized spacial score (nSPS) is 18.8. The summed E-state index contributed by atoms with van der Waals surface area (Å²) in [4.78, 5) is 25.7. The molecule has 110 valence electrons. The molecule has 1 atom stereocenters. The van der Waals surface area contributed by atoms with Gasteiger partial charge in [0, 0.05) is 13.0 Å². The topological polar surface area (TPSA) is 37.4 Å². The molecule has 1 aliphatic heterocycles. The van der Waals surface area contributed by atoms with Gasteiger partial charge in [0.15, 0.2) is 0 Å². The summed E-state index contributed by atoms with van der Waals surface area (Å²) >= 11 is 1.68. The van der Waals surface area contributed by atoms with Gasteiger partial charge in [0.1, 0.15) is 0 Å². The number of hydrogen-bond acceptors (Lipinski definition) is 3. The lowest BCUT2D eigenvalue weighted by Crippen LogP contribution is -2.38. The van der Waals surface area contributed by atoms with E-state index in [2.05, 4.69) is 6.92 Å². The maximum absolute atomic E-state index is 12.0. The smallest absolute Gasteiger partial charge is 0.290 e. The molecule has 0 aliphatic carbocycles. The SMILES string of the molecule is CCCCCCCCC(=O)C(=O)N1CCCC1SC. The summed E-state index contributed by atoms with van der Waals surface area (Å²) in [6.07, 6.45) is 11.4. The van der Waals surface area contributed by atoms with Gasteiger partial charge in [-0.1, -0.05) is 39.0 Å². The van der Waals surface area contributed by atoms with Crippen LogP contribution in [0.25, 0.3) is 0 Å². The largest absolute Gasteiger partial charge is 0.324 e. The fraction of sp³-hybridized carbons (Fsp3) is 0.867. The van der Waals surface area contributed by atoms with Crippen LogP contribution >= 0.6 is 11.8 Å². The number of nitrogens with zero attached hydrogens (tertiary/aromatic N) is 1. The van der Waals surface area contributed by atoms with Gasteiger partial charge in [0.05, 0.1) is 5.37 Å². The third kappa shape index (κ3) is 5.55. The Bertz CT molecular complexity index is 294. The van der Waals surface area contributed by atoms with Crippen molar-refractivity contribution >= 4 is 23.5 Å². The quantitative estimate of drug-likeness (QED) is 0.479. The fourth-order valence-corrected chi connectivity index (χ4v) is 3.40. The van der Waals surface area contributed by atoms with E-state index in [-0.39, 0.29) is 17.1 Å². The monoisotopic (exact) mass is 285 g/mol. The number of rotatable bonds is 9. The Hall–Kier alpha value is -0.510. The summed E-state index contributed by atoms with van der Waals surface area (Å²) in [5.74, 6) is -0.429. The summed E-state index contributed by atoms with van der Waals surface area (Å²) in [5.41, 5.74) is 0. The van der Waals surface area contributed by atoms with E-state index in [4.69, 9.17) is 0 Å². The van der Waals surface area contributed by atoms with Crippen molar-refractivity contribution in [3.8, 4) is 0 Å². The molecule has 3 nitrogen and oxygen atoms in total. The molecule has 0 aromatic carbocycles. The predicted octanol–water partition coefficient (Wildman–Crippen LogP) is 3.62. The van der Waals surface area contributed by atoms with Gasteiger partial charge in [0.25, 0.3) is 5.91 Å². The molecule has 1 unspecified atom stereocenters. The molecule has 0 bridgehead atoms. The Morgan fingerprint density at radius 3 is 2.53 bits per heavy atom. The lowest BCUT2D eigenvalue weighted by molar-refractivity contribution is -0.144. The van der Waals surface area contributed by atoms with Crippen molar-refractivity contribution in [2.45, 2.75) is 70.1 Å². The third-order valence-electron chi connectivity index (χ3n) is 3.73. The van der Waals surface area contributed by atoms with E-state index in [1.165, 1.54) is 25.7 Å². The van der Waals surface area contributed by atoms with Crippen LogP contribution in [0.5, 0.6) is 0 Å². The summed E-state index contributed by atoms with van der Waals surface area (Å²) in [6.45, 7) is 2.95. The number of ketones is 1. The molecule has 1 rings (SSSR count). The zero-order valence-corrected chi connectivity index (χ0v) is 13.1. The Balaban J connectivity index is 2.20. The first-order valence-corrected chi connectivity index (χ1v) is 8.86. The number of carbonyl (C=O) groups is 2. The van der Waals surface area contributed by atoms with E-state index in [0.717, 1.165) is 32.2 Å². The second kappa shape index (κ2) is 9.40. The number of carbonyl (C=O) groups excluding carboxylic acids is 2. The van der Waals surface area contributed by atoms with Crippen LogP contribution in [0.3, 0.4) is 0 Å². The van der Waals surface area contributed by atoms with E-state index in [9.17, 15) is 9.59 Å². The van der Waals surface area contributed by atoms with Crippen molar-refractivity contribution in [2.24, 2.45) is 0 Å². The fourth-order valence-electron chi connectivity index (χ4n) is 2.55. The Morgan fingerprint density at radius 2 is 1.84 bits per heavy atom. The molecule has 0 aromatic heterocycles. The van der Waals surface area contributed by atoms with Gasteiger partial charge in [-0.25, -0.2) is 0 Å². The van der Waals surface area contributed by atoms with Crippen molar-refractivity contribution in [3.05, 3.63) is 0 Å². The molecule has 0 radical (unpaired) electrons. The van der Waals surface area contributed by atoms with Gasteiger partial charge >= 0.3 is 0 Å². The number of amides is 1. The number of likely N-dealkylation sites (tertiary alicyclic amines) is 1. The number of Topliss-reactive ketones (excluding diaryl/α,β-unsaturated/α-hetero) is 1. The molecule has 0 aromatic rings. The number of unbranched alkanes of at least 4 members (excludes halogenated alkanes) is 5. The minimum atomic E-state index is -0.245. The van der Waals surface area contributed by atoms with Crippen LogP contribution in [0.15, 0.2) is 0 Å². The highest BCUT2D eigenvalue weighted by atomic mass is 32.2. The molecule has 1 heterocycles. The first-order chi connectivity index (χ1) is 9.20. The van der Waals surface area contributed by atoms with E-state index >= 15 is 0 Å². The highest BCUT2D eigenvalue weighted by Crippen LogP contribution is 2.25. The van der Waals surface area contributed by atoms with Crippen molar-refractivity contribution in [3.63, 3.8) is 0 Å². The van der Waals surface area contributed by atoms with Crippen molar-refractivity contribution in [1.29, 1.82) is 0 Å². The molecule has 19 heavy (non-hydrogen) atoms. The molecule has 4 heteroatoms. The Morgan fingerprint density at radius 1 is 1.16 bits per heavy atom. The highest BCUT2D eigenvalue weighted by molar-refractivity contribution is 7.99. The zero-order valence-electron chi connectivity index (χ0n) is 12.3. The molecule has 0 saturated carbocycles. The average Bonchev–Trinajstić information content (AvgIpc) is 2.89. The van der Waals surface area contributed by atoms with Crippen LogP contribution in [0.4, 0.5) is 0 Å². The van der Waals surface area contributed by atoms with Gasteiger partial charge in [-0.15, -0.1) is 11.8 Å². The van der Waals surface area contributed by atoms with Crippen molar-refractivity contribution < 1.29 is 9.59 Å². The Kier molecular flexibility index (Phi) is 8.19. The van der Waals surface area contributed by atoms with Crippen LogP contribution in [0, 0.1) is 0 Å². The van der Waals surface area contributed by atoms with Gasteiger partial charge in [-0.05, 0) is 25.5 Å². The average molecular weight is 285 g/mol. The minimum absolute atomic E-state index is 0.184. The molecular formula is C15H27NO2S. The predicted molar refractivity (Wildman–Crippen MR) is 81.3 cm³/mol. The van der Waals surface area contributed by atoms with Crippen LogP contribution in [-0.4, -0.2) is 34.8 Å². The molecule has 1 saturated heterocycles. The van der Waals surface area contributed by atoms with Gasteiger partial charge in [-0.3, -0.25) is 9.59 Å². The van der Waals surface area contributed by atoms with Crippen molar-refractivity contribution in [1.82, 2.24) is 4.90 Å². The van der Waals surface area contributed by atoms with E-state index in [1.54, 1.807) is 16.7 Å². The van der Waals surface area contributed by atoms with Crippen LogP contribution in [0.1, 0.15) is 64.7 Å². The van der Waals surface area contributed by atoms with Gasteiger partial charge in [0.2, 0.25) is 5.78 Å². The van der Waals surface area contributed by atoms with Gasteiger partial charge < -0.3 is 4.90 Å². The summed E-state index contributed by atoms with van der Waals surface area (Å²) in [7, 11) is 0. The van der Waals surface area contributed by atoms with Crippen LogP contribution < -0.4 is 0 Å². The van der Waals surface area contributed by atoms with E-state index in [0.29, 0.717) is 6.42 Å². The molecular weight excluding hydrogens is 258 g/mol. The first-order valence-electron chi connectivity index (χ1n) is 7.57. The summed E-state index contributed by atoms with van der Waals surface area (Å²) in [5, 5.41) is 0.223. The minimum Gasteiger partial charge on any atom is -0.324 e. The molecule has 1 amide bonds. The second-order valence-corrected chi connectivity index (χ2v) is 6.29. The Labute approximate surface area is 121 Å². The maximum Gasteiger partial charge on any atom is 0.290 e. The highest BCUT2D eigenvalue weighted by Gasteiger charge is 2.31. The molecule has 1 aliphatic rings. The lowest BCUT2D eigenvalue weighted by Gasteiger charge is -2.22. The first kappa shape index (κ1) is 16.5. The maximum atomic E-state index is 12.0. The van der Waals surface area contributed by atoms with E-state index in [1.807, 2.05) is 6.26 Å². The van der Waals surface area contributed by atoms with Crippen LogP contribution in [0.2, 0.25) is 0 Å². The second-order valence-electron chi connectivity index (χ2n) is 5.27. The number of thioether (sulfide) groups is 1. The van der Waals surface area contributed by atoms with Crippen molar-refractivity contribution in [2.75, 3.05) is 12.8 Å². The van der Waals surface area contributed by atoms with E-state index < -0.39 is 0 Å². The third-order valence-corrected chi connectivity index (χ3v) is 4.76. The zero-order chi connectivity index (χ0) is 14.1. The van der Waals surface area contributed by atoms with Crippen LogP contribution in [-0.2, 0) is 9.59 Å². The summed E-state index contributed by atoms with van der Waals surface area (Å²) < 4.78 is 0. The van der Waals surface area contributed by atoms with Gasteiger partial charge in [-0.2, -0.15) is 0 Å². The number of hydrogen-bond donors (Lipinski definition) is 0. The molecule has 0 spiro atoms.